The summed E-state index contributed by atoms with van der Waals surface area (Å²) in [5, 5.41) is 0. The summed E-state index contributed by atoms with van der Waals surface area (Å²) in [4.78, 5) is 11.4. The van der Waals surface area contributed by atoms with Gasteiger partial charge >= 0.3 is 5.97 Å². The van der Waals surface area contributed by atoms with Gasteiger partial charge in [0.15, 0.2) is 0 Å². The molecule has 1 aromatic rings. The summed E-state index contributed by atoms with van der Waals surface area (Å²) in [5.74, 6) is -1.20. The first-order chi connectivity index (χ1) is 6.66. The van der Waals surface area contributed by atoms with E-state index in [0.717, 1.165) is 6.42 Å². The summed E-state index contributed by atoms with van der Waals surface area (Å²) in [6.07, 6.45) is 0.720. The van der Waals surface area contributed by atoms with Gasteiger partial charge in [-0.3, -0.25) is 0 Å². The van der Waals surface area contributed by atoms with Gasteiger partial charge in [-0.05, 0) is 34.5 Å². The lowest BCUT2D eigenvalue weighted by Crippen LogP contribution is -2.08. The largest absolute Gasteiger partial charge is 0.462 e. The number of benzene rings is 1. The van der Waals surface area contributed by atoms with Crippen molar-refractivity contribution in [2.24, 2.45) is 0 Å². The molecule has 1 aromatic carbocycles. The molecule has 0 spiro atoms. The van der Waals surface area contributed by atoms with E-state index in [4.69, 9.17) is 4.74 Å². The Bertz CT molecular complexity index is 319. The molecule has 0 unspecified atom stereocenters. The summed E-state index contributed by atoms with van der Waals surface area (Å²) in [6, 6.07) is 4.36. The highest BCUT2D eigenvalue weighted by molar-refractivity contribution is 9.10. The maximum atomic E-state index is 13.2. The molecular formula is C10H10BrFO2. The number of rotatable bonds is 3. The van der Waals surface area contributed by atoms with Crippen molar-refractivity contribution in [2.45, 2.75) is 13.3 Å². The summed E-state index contributed by atoms with van der Waals surface area (Å²) in [6.45, 7) is 2.18. The van der Waals surface area contributed by atoms with E-state index in [1.807, 2.05) is 6.92 Å². The van der Waals surface area contributed by atoms with Crippen LogP contribution in [0.1, 0.15) is 23.7 Å². The highest BCUT2D eigenvalue weighted by Gasteiger charge is 2.16. The second-order valence-corrected chi connectivity index (χ2v) is 3.59. The van der Waals surface area contributed by atoms with Gasteiger partial charge in [-0.15, -0.1) is 0 Å². The molecule has 4 heteroatoms. The first-order valence-electron chi connectivity index (χ1n) is 4.28. The summed E-state index contributed by atoms with van der Waals surface area (Å²) in [5.41, 5.74) is -0.0408. The first-order valence-corrected chi connectivity index (χ1v) is 5.07. The van der Waals surface area contributed by atoms with Crippen LogP contribution in [0.25, 0.3) is 0 Å². The van der Waals surface area contributed by atoms with Gasteiger partial charge in [0.05, 0.1) is 6.61 Å². The molecule has 0 amide bonds. The second kappa shape index (κ2) is 5.10. The zero-order chi connectivity index (χ0) is 10.6. The van der Waals surface area contributed by atoms with Crippen LogP contribution >= 0.6 is 15.9 Å². The van der Waals surface area contributed by atoms with E-state index in [2.05, 4.69) is 15.9 Å². The van der Waals surface area contributed by atoms with E-state index in [9.17, 15) is 9.18 Å². The van der Waals surface area contributed by atoms with Crippen LogP contribution in [-0.2, 0) is 4.74 Å². The normalized spacial score (nSPS) is 9.93. The fraction of sp³-hybridized carbons (Fsp3) is 0.300. The van der Waals surface area contributed by atoms with Crippen molar-refractivity contribution < 1.29 is 13.9 Å². The topological polar surface area (TPSA) is 26.3 Å². The Kier molecular flexibility index (Phi) is 4.07. The molecule has 2 nitrogen and oxygen atoms in total. The van der Waals surface area contributed by atoms with E-state index >= 15 is 0 Å². The number of esters is 1. The van der Waals surface area contributed by atoms with E-state index in [1.54, 1.807) is 6.07 Å². The zero-order valence-electron chi connectivity index (χ0n) is 7.72. The Labute approximate surface area is 90.2 Å². The van der Waals surface area contributed by atoms with E-state index in [0.29, 0.717) is 11.1 Å². The minimum atomic E-state index is -0.628. The number of carbonyl (C=O) groups excluding carboxylic acids is 1. The van der Waals surface area contributed by atoms with Gasteiger partial charge in [-0.1, -0.05) is 13.0 Å². The third kappa shape index (κ3) is 2.54. The molecule has 0 saturated carbocycles. The highest BCUT2D eigenvalue weighted by Crippen LogP contribution is 2.20. The van der Waals surface area contributed by atoms with Gasteiger partial charge < -0.3 is 4.74 Å². The predicted octanol–water partition coefficient (Wildman–Crippen LogP) is 3.16. The van der Waals surface area contributed by atoms with Crippen LogP contribution in [0, 0.1) is 5.82 Å². The van der Waals surface area contributed by atoms with Crippen molar-refractivity contribution in [2.75, 3.05) is 6.61 Å². The smallest absolute Gasteiger partial charge is 0.342 e. The number of carbonyl (C=O) groups is 1. The lowest BCUT2D eigenvalue weighted by Gasteiger charge is -2.05. The van der Waals surface area contributed by atoms with Gasteiger partial charge in [-0.2, -0.15) is 0 Å². The molecule has 76 valence electrons. The van der Waals surface area contributed by atoms with Crippen molar-refractivity contribution in [3.05, 3.63) is 34.1 Å². The number of ether oxygens (including phenoxy) is 1. The Morgan fingerprint density at radius 1 is 1.57 bits per heavy atom. The highest BCUT2D eigenvalue weighted by atomic mass is 79.9. The Morgan fingerprint density at radius 3 is 2.86 bits per heavy atom. The van der Waals surface area contributed by atoms with E-state index in [1.165, 1.54) is 12.1 Å². The quantitative estimate of drug-likeness (QED) is 0.781. The van der Waals surface area contributed by atoms with Crippen LogP contribution in [0.15, 0.2) is 22.7 Å². The van der Waals surface area contributed by atoms with Crippen LogP contribution in [-0.4, -0.2) is 12.6 Å². The number of hydrogen-bond donors (Lipinski definition) is 0. The fourth-order valence-electron chi connectivity index (χ4n) is 0.960. The summed E-state index contributed by atoms with van der Waals surface area (Å²) in [7, 11) is 0. The molecule has 0 N–H and O–H groups in total. The maximum absolute atomic E-state index is 13.2. The molecule has 0 aromatic heterocycles. The standard InChI is InChI=1S/C10H10BrFO2/c1-2-6-14-10(13)9-7(11)4-3-5-8(9)12/h3-5H,2,6H2,1H3. The van der Waals surface area contributed by atoms with E-state index in [-0.39, 0.29) is 5.56 Å². The van der Waals surface area contributed by atoms with Crippen molar-refractivity contribution in [3.8, 4) is 0 Å². The lowest BCUT2D eigenvalue weighted by molar-refractivity contribution is 0.0498. The molecule has 0 fully saturated rings. The average molecular weight is 261 g/mol. The van der Waals surface area contributed by atoms with Gasteiger partial charge in [0.25, 0.3) is 0 Å². The summed E-state index contributed by atoms with van der Waals surface area (Å²) >= 11 is 3.10. The minimum Gasteiger partial charge on any atom is -0.462 e. The number of hydrogen-bond acceptors (Lipinski definition) is 2. The minimum absolute atomic E-state index is 0.0408. The Morgan fingerprint density at radius 2 is 2.29 bits per heavy atom. The SMILES string of the molecule is CCCOC(=O)c1c(F)cccc1Br. The third-order valence-corrected chi connectivity index (χ3v) is 2.26. The van der Waals surface area contributed by atoms with Gasteiger partial charge in [0, 0.05) is 4.47 Å². The second-order valence-electron chi connectivity index (χ2n) is 2.73. The predicted molar refractivity (Wildman–Crippen MR) is 54.7 cm³/mol. The Balaban J connectivity index is 2.89. The molecule has 0 aliphatic carbocycles. The molecule has 0 radical (unpaired) electrons. The van der Waals surface area contributed by atoms with Crippen molar-refractivity contribution in [1.29, 1.82) is 0 Å². The molecule has 0 aliphatic rings. The van der Waals surface area contributed by atoms with Gasteiger partial charge in [0.1, 0.15) is 11.4 Å². The molecule has 1 rings (SSSR count). The molecule has 0 atom stereocenters. The molecule has 0 saturated heterocycles. The Hall–Kier alpha value is -0.900. The first kappa shape index (κ1) is 11.2. The van der Waals surface area contributed by atoms with E-state index < -0.39 is 11.8 Å². The van der Waals surface area contributed by atoms with Gasteiger partial charge in [0.2, 0.25) is 0 Å². The van der Waals surface area contributed by atoms with Crippen LogP contribution in [0.4, 0.5) is 4.39 Å². The molecule has 14 heavy (non-hydrogen) atoms. The van der Waals surface area contributed by atoms with Crippen molar-refractivity contribution >= 4 is 21.9 Å². The lowest BCUT2D eigenvalue weighted by atomic mass is 10.2. The van der Waals surface area contributed by atoms with Crippen LogP contribution in [0.2, 0.25) is 0 Å². The third-order valence-electron chi connectivity index (χ3n) is 1.60. The van der Waals surface area contributed by atoms with Crippen LogP contribution in [0.3, 0.4) is 0 Å². The van der Waals surface area contributed by atoms with Crippen molar-refractivity contribution in [3.63, 3.8) is 0 Å². The maximum Gasteiger partial charge on any atom is 0.342 e. The zero-order valence-corrected chi connectivity index (χ0v) is 9.30. The number of halogens is 2. The molecular weight excluding hydrogens is 251 g/mol. The van der Waals surface area contributed by atoms with Crippen LogP contribution < -0.4 is 0 Å². The van der Waals surface area contributed by atoms with Crippen LogP contribution in [0.5, 0.6) is 0 Å². The average Bonchev–Trinajstić information content (AvgIpc) is 2.14. The van der Waals surface area contributed by atoms with Crippen molar-refractivity contribution in [1.82, 2.24) is 0 Å². The summed E-state index contributed by atoms with van der Waals surface area (Å²) < 4.78 is 18.4. The molecule has 0 heterocycles. The molecule has 0 bridgehead atoms. The molecule has 0 aliphatic heterocycles. The monoisotopic (exact) mass is 260 g/mol. The fourth-order valence-corrected chi connectivity index (χ4v) is 1.46. The van der Waals surface area contributed by atoms with Gasteiger partial charge in [-0.25, -0.2) is 9.18 Å².